The molecular formula is C20H25N12O11PS. The zero-order chi connectivity index (χ0) is 31.8. The van der Waals surface area contributed by atoms with Gasteiger partial charge < -0.3 is 36.0 Å². The third-order valence-electron chi connectivity index (χ3n) is 7.49. The molecule has 3 fully saturated rings. The second-order valence-corrected chi connectivity index (χ2v) is 13.2. The van der Waals surface area contributed by atoms with E-state index in [0.29, 0.717) is 0 Å². The maximum atomic E-state index is 13.3. The number of aliphatic hydroxyl groups is 2. The zero-order valence-corrected chi connectivity index (χ0v) is 24.2. The lowest BCUT2D eigenvalue weighted by Gasteiger charge is -2.25. The lowest BCUT2D eigenvalue weighted by atomic mass is 10.1. The minimum Gasteiger partial charge on any atom is -0.388 e. The van der Waals surface area contributed by atoms with Gasteiger partial charge in [0, 0.05) is 6.54 Å². The van der Waals surface area contributed by atoms with Crippen LogP contribution in [0.5, 0.6) is 0 Å². The number of aromatic amines is 1. The molecular weight excluding hydrogens is 647 g/mol. The second kappa shape index (κ2) is 10.7. The van der Waals surface area contributed by atoms with Crippen LogP contribution < -0.4 is 26.5 Å². The summed E-state index contributed by atoms with van der Waals surface area (Å²) in [5.74, 6) is -0.220. The van der Waals surface area contributed by atoms with Crippen molar-refractivity contribution in [2.45, 2.75) is 49.0 Å². The number of imidazole rings is 2. The highest BCUT2D eigenvalue weighted by atomic mass is 32.2. The molecule has 25 heteroatoms. The van der Waals surface area contributed by atoms with Crippen LogP contribution in [0, 0.1) is 0 Å². The van der Waals surface area contributed by atoms with Crippen molar-refractivity contribution < 1.29 is 46.6 Å². The molecule has 2 bridgehead atoms. The van der Waals surface area contributed by atoms with Crippen LogP contribution in [-0.2, 0) is 33.3 Å². The first-order chi connectivity index (χ1) is 21.3. The summed E-state index contributed by atoms with van der Waals surface area (Å²) in [6, 6.07) is -1.48. The number of hydrogen-bond donors (Lipinski definition) is 8. The van der Waals surface area contributed by atoms with E-state index < -0.39 is 85.8 Å². The number of hydrogen-bond acceptors (Lipinski definition) is 17. The Hall–Kier alpha value is -3.68. The highest BCUT2D eigenvalue weighted by molar-refractivity contribution is 7.87. The van der Waals surface area contributed by atoms with Crippen molar-refractivity contribution in [2.24, 2.45) is 0 Å². The van der Waals surface area contributed by atoms with E-state index in [1.807, 2.05) is 0 Å². The molecule has 242 valence electrons. The van der Waals surface area contributed by atoms with E-state index >= 15 is 0 Å². The number of rotatable bonds is 2. The maximum Gasteiger partial charge on any atom is 0.472 e. The van der Waals surface area contributed by atoms with Crippen LogP contribution in [0.25, 0.3) is 22.3 Å². The number of phosphoric acid groups is 1. The van der Waals surface area contributed by atoms with Gasteiger partial charge in [-0.1, -0.05) is 0 Å². The molecule has 0 saturated carbocycles. The summed E-state index contributed by atoms with van der Waals surface area (Å²) in [6.45, 7) is -1.38. The van der Waals surface area contributed by atoms with Crippen molar-refractivity contribution in [3.8, 4) is 0 Å². The lowest BCUT2D eigenvalue weighted by Crippen LogP contribution is -2.52. The third-order valence-corrected chi connectivity index (χ3v) is 9.60. The number of nitrogens with one attached hydrogen (secondary N) is 3. The molecule has 9 atom stereocenters. The molecule has 7 rings (SSSR count). The first-order valence-corrected chi connectivity index (χ1v) is 16.0. The van der Waals surface area contributed by atoms with Gasteiger partial charge in [0.2, 0.25) is 5.95 Å². The van der Waals surface area contributed by atoms with Gasteiger partial charge in [-0.25, -0.2) is 24.5 Å². The van der Waals surface area contributed by atoms with Crippen LogP contribution in [0.15, 0.2) is 23.8 Å². The number of H-pyrrole nitrogens is 1. The van der Waals surface area contributed by atoms with Crippen molar-refractivity contribution in [1.29, 1.82) is 0 Å². The largest absolute Gasteiger partial charge is 0.472 e. The van der Waals surface area contributed by atoms with Crippen molar-refractivity contribution in [1.82, 2.24) is 48.5 Å². The Balaban J connectivity index is 1.21. The van der Waals surface area contributed by atoms with E-state index in [1.165, 1.54) is 15.5 Å². The summed E-state index contributed by atoms with van der Waals surface area (Å²) in [7, 11) is -9.55. The van der Waals surface area contributed by atoms with Gasteiger partial charge in [0.15, 0.2) is 35.1 Å². The van der Waals surface area contributed by atoms with Gasteiger partial charge in [0.25, 0.3) is 15.8 Å². The molecule has 0 aliphatic carbocycles. The first kappa shape index (κ1) is 30.0. The van der Waals surface area contributed by atoms with E-state index in [4.69, 9.17) is 30.0 Å². The second-order valence-electron chi connectivity index (χ2n) is 10.3. The fraction of sp³-hybridized carbons (Fsp3) is 0.500. The number of aliphatic hydroxyl groups excluding tert-OH is 2. The third kappa shape index (κ3) is 5.24. The van der Waals surface area contributed by atoms with Gasteiger partial charge in [-0.15, -0.1) is 0 Å². The fourth-order valence-corrected chi connectivity index (χ4v) is 7.49. The Morgan fingerprint density at radius 2 is 1.69 bits per heavy atom. The van der Waals surface area contributed by atoms with Gasteiger partial charge in [-0.05, 0) is 0 Å². The molecule has 0 radical (unpaired) electrons. The van der Waals surface area contributed by atoms with Crippen LogP contribution in [0.2, 0.25) is 0 Å². The van der Waals surface area contributed by atoms with E-state index in [9.17, 15) is 32.9 Å². The molecule has 4 aromatic heterocycles. The summed E-state index contributed by atoms with van der Waals surface area (Å²) >= 11 is 0. The summed E-state index contributed by atoms with van der Waals surface area (Å²) in [5.41, 5.74) is 10.9. The molecule has 23 nitrogen and oxygen atoms in total. The van der Waals surface area contributed by atoms with Crippen LogP contribution >= 0.6 is 7.82 Å². The van der Waals surface area contributed by atoms with Crippen molar-refractivity contribution in [3.05, 3.63) is 29.3 Å². The van der Waals surface area contributed by atoms with Crippen molar-refractivity contribution in [3.63, 3.8) is 0 Å². The smallest absolute Gasteiger partial charge is 0.388 e. The quantitative estimate of drug-likeness (QED) is 0.0939. The normalized spacial score (nSPS) is 35.5. The molecule has 3 saturated heterocycles. The standard InChI is InChI=1S/C20H25N12O11PS/c21-14-9-15(24-3-23-14)31(4-25-9)19-12(34)13-6(41-19)1-27-45(38,39)30-8-11(33)7(2-40-44(36,37)43-13)42-18(8)32-5-26-10-16(32)28-20(22)29-17(10)35/h3-8,11-13,18-19,27,30,33-34H,1-2H2,(H,36,37)(H2,21,23,24)(H3,22,28,29,35)/t6-,7-,8+,11?,12?,13+,18-,19-/m1/s1. The van der Waals surface area contributed by atoms with Crippen molar-refractivity contribution in [2.75, 3.05) is 24.6 Å². The molecule has 7 heterocycles. The maximum absolute atomic E-state index is 13.3. The highest BCUT2D eigenvalue weighted by Gasteiger charge is 2.52. The van der Waals surface area contributed by atoms with Gasteiger partial charge in [0.05, 0.1) is 25.3 Å². The number of nitrogens with zero attached hydrogens (tertiary/aromatic N) is 7. The Labute approximate surface area is 250 Å². The van der Waals surface area contributed by atoms with Gasteiger partial charge >= 0.3 is 7.82 Å². The number of ether oxygens (including phenoxy) is 2. The topological polar surface area (TPSA) is 332 Å². The fourth-order valence-electron chi connectivity index (χ4n) is 5.44. The molecule has 3 aliphatic rings. The Bertz CT molecular complexity index is 2000. The highest BCUT2D eigenvalue weighted by Crippen LogP contribution is 2.49. The summed E-state index contributed by atoms with van der Waals surface area (Å²) < 4.78 is 68.7. The number of anilines is 2. The van der Waals surface area contributed by atoms with E-state index in [1.54, 1.807) is 0 Å². The predicted molar refractivity (Wildman–Crippen MR) is 147 cm³/mol. The number of fused-ring (bicyclic) bond motifs is 5. The summed E-state index contributed by atoms with van der Waals surface area (Å²) in [4.78, 5) is 45.2. The summed E-state index contributed by atoms with van der Waals surface area (Å²) in [6.07, 6.45) is -6.93. The Morgan fingerprint density at radius 3 is 2.47 bits per heavy atom. The predicted octanol–water partition coefficient (Wildman–Crippen LogP) is -4.05. The average molecular weight is 673 g/mol. The number of nitrogens with two attached hydrogens (primary N) is 2. The van der Waals surface area contributed by atoms with E-state index in [0.717, 1.165) is 12.7 Å². The molecule has 0 amide bonds. The zero-order valence-electron chi connectivity index (χ0n) is 22.5. The molecule has 3 unspecified atom stereocenters. The minimum absolute atomic E-state index is 0.0456. The SMILES string of the molecule is Nc1nc2c(ncn2[C@@H]2O[C@@H]3COP(=O)(O)O[C@@H]4C(O)[C@H](n5cnc6c(N)ncnc65)O[C@@H]4CNS(=O)(=O)N[C@H]2C3O)c(=O)[nH]1. The van der Waals surface area contributed by atoms with Crippen LogP contribution in [0.3, 0.4) is 0 Å². The van der Waals surface area contributed by atoms with Crippen LogP contribution in [0.4, 0.5) is 11.8 Å². The van der Waals surface area contributed by atoms with Crippen LogP contribution in [-0.4, -0.2) is 112 Å². The average Bonchev–Trinajstić information content (AvgIpc) is 3.72. The molecule has 3 aliphatic heterocycles. The molecule has 0 spiro atoms. The molecule has 10 N–H and O–H groups in total. The van der Waals surface area contributed by atoms with Gasteiger partial charge in [-0.3, -0.25) is 28.0 Å². The molecule has 0 aromatic carbocycles. The summed E-state index contributed by atoms with van der Waals surface area (Å²) in [5, 5.41) is 22.2. The number of aromatic nitrogens is 8. The monoisotopic (exact) mass is 672 g/mol. The minimum atomic E-state index is -5.03. The Morgan fingerprint density at radius 1 is 0.978 bits per heavy atom. The Kier molecular flexibility index (Phi) is 7.13. The van der Waals surface area contributed by atoms with Gasteiger partial charge in [-0.2, -0.15) is 22.8 Å². The number of nitrogen functional groups attached to an aromatic ring is 2. The molecule has 4 aromatic rings. The van der Waals surface area contributed by atoms with E-state index in [-0.39, 0.29) is 34.1 Å². The molecule has 45 heavy (non-hydrogen) atoms. The van der Waals surface area contributed by atoms with Crippen LogP contribution in [0.1, 0.15) is 12.5 Å². The lowest BCUT2D eigenvalue weighted by molar-refractivity contribution is -0.0504. The first-order valence-electron chi connectivity index (χ1n) is 13.1. The van der Waals surface area contributed by atoms with E-state index in [2.05, 4.69) is 39.3 Å². The van der Waals surface area contributed by atoms with Crippen molar-refractivity contribution >= 4 is 52.1 Å². The number of phosphoric ester groups is 1. The van der Waals surface area contributed by atoms with Gasteiger partial charge in [0.1, 0.15) is 42.4 Å².